The lowest BCUT2D eigenvalue weighted by Crippen LogP contribution is -2.50. The summed E-state index contributed by atoms with van der Waals surface area (Å²) in [6.45, 7) is 4.96. The molecule has 0 saturated carbocycles. The maximum absolute atomic E-state index is 11.9. The van der Waals surface area contributed by atoms with Crippen molar-refractivity contribution in [3.8, 4) is 0 Å². The van der Waals surface area contributed by atoms with Gasteiger partial charge in [-0.3, -0.25) is 0 Å². The molecular weight excluding hydrogens is 208 g/mol. The maximum atomic E-state index is 11.9. The van der Waals surface area contributed by atoms with Crippen LogP contribution in [0.4, 0.5) is 4.79 Å². The van der Waals surface area contributed by atoms with E-state index in [-0.39, 0.29) is 6.03 Å². The minimum atomic E-state index is -0.639. The fraction of sp³-hybridized carbons (Fsp3) is 0.909. The molecule has 1 aliphatic rings. The van der Waals surface area contributed by atoms with E-state index in [1.54, 1.807) is 25.8 Å². The van der Waals surface area contributed by atoms with E-state index in [1.165, 1.54) is 4.90 Å². The number of nitrogens with zero attached hydrogens (tertiary/aromatic N) is 2. The van der Waals surface area contributed by atoms with E-state index < -0.39 is 11.7 Å². The minimum Gasteiger partial charge on any atom is -0.392 e. The molecule has 1 aliphatic heterocycles. The largest absolute Gasteiger partial charge is 0.392 e. The predicted molar refractivity (Wildman–Crippen MR) is 61.1 cm³/mol. The van der Waals surface area contributed by atoms with Crippen molar-refractivity contribution in [2.75, 3.05) is 26.7 Å². The number of hydrogen-bond donors (Lipinski definition) is 2. The quantitative estimate of drug-likeness (QED) is 0.715. The summed E-state index contributed by atoms with van der Waals surface area (Å²) in [4.78, 5) is 15.1. The third-order valence-electron chi connectivity index (χ3n) is 2.98. The second kappa shape index (κ2) is 5.01. The average molecular weight is 230 g/mol. The Bertz CT molecular complexity index is 244. The highest BCUT2D eigenvalue weighted by molar-refractivity contribution is 5.74. The fourth-order valence-corrected chi connectivity index (χ4v) is 1.90. The summed E-state index contributed by atoms with van der Waals surface area (Å²) in [6.07, 6.45) is 0.713. The summed E-state index contributed by atoms with van der Waals surface area (Å²) < 4.78 is 0. The minimum absolute atomic E-state index is 0.0728. The lowest BCUT2D eigenvalue weighted by Gasteiger charge is -2.37. The topological polar surface area (TPSA) is 64.0 Å². The van der Waals surface area contributed by atoms with Crippen LogP contribution in [0, 0.1) is 0 Å². The van der Waals surface area contributed by atoms with Gasteiger partial charge in [0.05, 0.1) is 11.7 Å². The summed E-state index contributed by atoms with van der Waals surface area (Å²) in [6, 6.07) is -0.0728. The highest BCUT2D eigenvalue weighted by Crippen LogP contribution is 2.21. The molecule has 0 aromatic carbocycles. The van der Waals surface area contributed by atoms with Gasteiger partial charge in [0.25, 0.3) is 0 Å². The summed E-state index contributed by atoms with van der Waals surface area (Å²) in [5.74, 6) is 0. The van der Waals surface area contributed by atoms with Gasteiger partial charge in [-0.2, -0.15) is 0 Å². The van der Waals surface area contributed by atoms with E-state index in [4.69, 9.17) is 0 Å². The van der Waals surface area contributed by atoms with Crippen molar-refractivity contribution in [2.45, 2.75) is 38.4 Å². The second-order valence-corrected chi connectivity index (χ2v) is 5.00. The van der Waals surface area contributed by atoms with Gasteiger partial charge in [-0.25, -0.2) is 4.79 Å². The van der Waals surface area contributed by atoms with Crippen molar-refractivity contribution < 1.29 is 15.0 Å². The van der Waals surface area contributed by atoms with Gasteiger partial charge in [0, 0.05) is 26.7 Å². The second-order valence-electron chi connectivity index (χ2n) is 5.00. The molecule has 1 atom stereocenters. The first-order valence-corrected chi connectivity index (χ1v) is 5.72. The Morgan fingerprint density at radius 2 is 2.00 bits per heavy atom. The zero-order valence-corrected chi connectivity index (χ0v) is 10.3. The molecule has 16 heavy (non-hydrogen) atoms. The van der Waals surface area contributed by atoms with E-state index >= 15 is 0 Å². The molecule has 0 aliphatic carbocycles. The lowest BCUT2D eigenvalue weighted by atomic mass is 9.94. The zero-order valence-electron chi connectivity index (χ0n) is 10.3. The van der Waals surface area contributed by atoms with Gasteiger partial charge in [0.2, 0.25) is 0 Å². The molecule has 5 heteroatoms. The number of likely N-dealkylation sites (tertiary alicyclic amines) is 1. The van der Waals surface area contributed by atoms with Crippen LogP contribution in [0.1, 0.15) is 26.7 Å². The predicted octanol–water partition coefficient (Wildman–Crippen LogP) is 0.266. The summed E-state index contributed by atoms with van der Waals surface area (Å²) in [7, 11) is 1.68. The number of aliphatic hydroxyl groups excluding tert-OH is 1. The number of rotatable bonds is 2. The van der Waals surface area contributed by atoms with E-state index in [2.05, 4.69) is 0 Å². The maximum Gasteiger partial charge on any atom is 0.319 e. The molecule has 0 radical (unpaired) electrons. The molecular formula is C11H22N2O3. The first-order valence-electron chi connectivity index (χ1n) is 5.72. The van der Waals surface area contributed by atoms with Gasteiger partial charge in [0.1, 0.15) is 0 Å². The number of carbonyl (C=O) groups excluding carboxylic acids is 1. The van der Waals surface area contributed by atoms with Crippen LogP contribution < -0.4 is 0 Å². The van der Waals surface area contributed by atoms with E-state index in [0.29, 0.717) is 32.5 Å². The van der Waals surface area contributed by atoms with Gasteiger partial charge in [-0.15, -0.1) is 0 Å². The van der Waals surface area contributed by atoms with Gasteiger partial charge in [-0.05, 0) is 26.7 Å². The monoisotopic (exact) mass is 230 g/mol. The van der Waals surface area contributed by atoms with Crippen molar-refractivity contribution in [3.05, 3.63) is 0 Å². The van der Waals surface area contributed by atoms with Gasteiger partial charge >= 0.3 is 6.03 Å². The van der Waals surface area contributed by atoms with Gasteiger partial charge < -0.3 is 20.0 Å². The number of urea groups is 1. The molecule has 2 N–H and O–H groups in total. The van der Waals surface area contributed by atoms with Crippen LogP contribution >= 0.6 is 0 Å². The van der Waals surface area contributed by atoms with Crippen LogP contribution in [-0.4, -0.2) is 64.4 Å². The molecule has 0 aromatic heterocycles. The van der Waals surface area contributed by atoms with Crippen LogP contribution in [0.25, 0.3) is 0 Å². The van der Waals surface area contributed by atoms with Gasteiger partial charge in [-0.1, -0.05) is 0 Å². The number of carbonyl (C=O) groups is 1. The Morgan fingerprint density at radius 3 is 2.44 bits per heavy atom. The number of aliphatic hydroxyl groups is 2. The van der Waals surface area contributed by atoms with Crippen LogP contribution in [-0.2, 0) is 0 Å². The fourth-order valence-electron chi connectivity index (χ4n) is 1.90. The first-order chi connectivity index (χ1) is 7.32. The van der Waals surface area contributed by atoms with Crippen LogP contribution in [0.15, 0.2) is 0 Å². The van der Waals surface area contributed by atoms with Gasteiger partial charge in [0.15, 0.2) is 0 Å². The Hall–Kier alpha value is -0.810. The van der Waals surface area contributed by atoms with Crippen molar-refractivity contribution in [3.63, 3.8) is 0 Å². The molecule has 1 fully saturated rings. The zero-order chi connectivity index (χ0) is 12.3. The smallest absolute Gasteiger partial charge is 0.319 e. The van der Waals surface area contributed by atoms with Crippen molar-refractivity contribution in [1.82, 2.24) is 9.80 Å². The Kier molecular flexibility index (Phi) is 4.15. The number of hydrogen-bond acceptors (Lipinski definition) is 3. The molecule has 1 rings (SSSR count). The number of piperidine rings is 1. The van der Waals surface area contributed by atoms with E-state index in [0.717, 1.165) is 0 Å². The van der Waals surface area contributed by atoms with Crippen molar-refractivity contribution in [2.24, 2.45) is 0 Å². The normalized spacial score (nSPS) is 21.7. The molecule has 0 bridgehead atoms. The summed E-state index contributed by atoms with van der Waals surface area (Å²) >= 11 is 0. The third-order valence-corrected chi connectivity index (χ3v) is 2.98. The standard InChI is InChI=1S/C11H22N2O3/c1-9(14)8-12(3)10(15)13-6-4-11(2,16)5-7-13/h9,14,16H,4-8H2,1-3H3. The van der Waals surface area contributed by atoms with Crippen molar-refractivity contribution in [1.29, 1.82) is 0 Å². The van der Waals surface area contributed by atoms with Crippen LogP contribution in [0.5, 0.6) is 0 Å². The SMILES string of the molecule is CC(O)CN(C)C(=O)N1CCC(C)(O)CC1. The highest BCUT2D eigenvalue weighted by Gasteiger charge is 2.30. The lowest BCUT2D eigenvalue weighted by molar-refractivity contribution is 0.000241. The Morgan fingerprint density at radius 1 is 1.50 bits per heavy atom. The Labute approximate surface area is 96.7 Å². The summed E-state index contributed by atoms with van der Waals surface area (Å²) in [5, 5.41) is 19.0. The molecule has 2 amide bonds. The molecule has 1 unspecified atom stereocenters. The molecule has 0 aromatic rings. The summed E-state index contributed by atoms with van der Waals surface area (Å²) in [5.41, 5.74) is -0.639. The molecule has 94 valence electrons. The Balaban J connectivity index is 2.44. The first kappa shape index (κ1) is 13.3. The molecule has 0 spiro atoms. The molecule has 1 heterocycles. The number of amides is 2. The highest BCUT2D eigenvalue weighted by atomic mass is 16.3. The third kappa shape index (κ3) is 3.64. The average Bonchev–Trinajstić information content (AvgIpc) is 2.15. The molecule has 1 saturated heterocycles. The van der Waals surface area contributed by atoms with Crippen LogP contribution in [0.3, 0.4) is 0 Å². The molecule has 5 nitrogen and oxygen atoms in total. The number of likely N-dealkylation sites (N-methyl/N-ethyl adjacent to an activating group) is 1. The van der Waals surface area contributed by atoms with E-state index in [1.807, 2.05) is 0 Å². The van der Waals surface area contributed by atoms with Crippen molar-refractivity contribution >= 4 is 6.03 Å². The van der Waals surface area contributed by atoms with Crippen LogP contribution in [0.2, 0.25) is 0 Å². The van der Waals surface area contributed by atoms with E-state index in [9.17, 15) is 15.0 Å².